The number of likely N-dealkylation sites (N-methyl/N-ethyl adjacent to an activating group) is 2. The van der Waals surface area contributed by atoms with E-state index >= 15 is 0 Å². The van der Waals surface area contributed by atoms with Gasteiger partial charge in [-0.3, -0.25) is 0 Å². The van der Waals surface area contributed by atoms with E-state index in [2.05, 4.69) is 27.2 Å². The molecule has 106 valence electrons. The van der Waals surface area contributed by atoms with Crippen LogP contribution in [0.25, 0.3) is 0 Å². The number of hydrogen-bond donors (Lipinski definition) is 2. The first-order valence-corrected chi connectivity index (χ1v) is 6.87. The van der Waals surface area contributed by atoms with Crippen LogP contribution in [-0.2, 0) is 0 Å². The van der Waals surface area contributed by atoms with E-state index < -0.39 is 0 Å². The number of piperidine rings is 1. The van der Waals surface area contributed by atoms with Crippen molar-refractivity contribution in [3.8, 4) is 0 Å². The van der Waals surface area contributed by atoms with Crippen molar-refractivity contribution in [3.05, 3.63) is 12.4 Å². The highest BCUT2D eigenvalue weighted by atomic mass is 15.2. The maximum atomic E-state index is 5.56. The fourth-order valence-corrected chi connectivity index (χ4v) is 2.44. The maximum absolute atomic E-state index is 5.56. The molecule has 6 nitrogen and oxygen atoms in total. The molecular weight excluding hydrogens is 240 g/mol. The number of nitrogens with zero attached hydrogens (tertiary/aromatic N) is 4. The summed E-state index contributed by atoms with van der Waals surface area (Å²) in [6.07, 6.45) is 4.04. The Kier molecular flexibility index (Phi) is 4.93. The molecule has 6 heteroatoms. The summed E-state index contributed by atoms with van der Waals surface area (Å²) in [4.78, 5) is 13.0. The highest BCUT2D eigenvalue weighted by molar-refractivity contribution is 5.48. The molecular formula is C13H24N6. The van der Waals surface area contributed by atoms with Gasteiger partial charge in [0.05, 0.1) is 0 Å². The molecule has 1 aromatic rings. The SMILES string of the molecule is CN1CCCC(Nc2cc(N(C)CCN)ncn2)C1. The van der Waals surface area contributed by atoms with E-state index in [0.717, 1.165) is 24.7 Å². The van der Waals surface area contributed by atoms with Gasteiger partial charge in [0.2, 0.25) is 0 Å². The summed E-state index contributed by atoms with van der Waals surface area (Å²) in [5, 5.41) is 3.50. The van der Waals surface area contributed by atoms with Gasteiger partial charge in [0, 0.05) is 38.8 Å². The van der Waals surface area contributed by atoms with Gasteiger partial charge in [-0.25, -0.2) is 9.97 Å². The smallest absolute Gasteiger partial charge is 0.133 e. The standard InChI is InChI=1S/C13H24N6/c1-18-6-3-4-11(9-18)17-12-8-13(16-10-15-12)19(2)7-5-14/h8,10-11H,3-7,9,14H2,1-2H3,(H,15,16,17). The summed E-state index contributed by atoms with van der Waals surface area (Å²) >= 11 is 0. The van der Waals surface area contributed by atoms with Crippen LogP contribution in [0.5, 0.6) is 0 Å². The van der Waals surface area contributed by atoms with Crippen molar-refractivity contribution in [3.63, 3.8) is 0 Å². The van der Waals surface area contributed by atoms with Crippen molar-refractivity contribution < 1.29 is 0 Å². The highest BCUT2D eigenvalue weighted by Gasteiger charge is 2.17. The largest absolute Gasteiger partial charge is 0.366 e. The molecule has 1 aliphatic rings. The van der Waals surface area contributed by atoms with Gasteiger partial charge in [-0.2, -0.15) is 0 Å². The van der Waals surface area contributed by atoms with Crippen LogP contribution >= 0.6 is 0 Å². The number of anilines is 2. The topological polar surface area (TPSA) is 70.3 Å². The summed E-state index contributed by atoms with van der Waals surface area (Å²) < 4.78 is 0. The third-order valence-electron chi connectivity index (χ3n) is 3.48. The molecule has 1 aromatic heterocycles. The average Bonchev–Trinajstić information content (AvgIpc) is 2.39. The van der Waals surface area contributed by atoms with Gasteiger partial charge in [-0.1, -0.05) is 0 Å². The van der Waals surface area contributed by atoms with Gasteiger partial charge in [0.15, 0.2) is 0 Å². The first-order chi connectivity index (χ1) is 9.19. The summed E-state index contributed by atoms with van der Waals surface area (Å²) in [6.45, 7) is 3.67. The van der Waals surface area contributed by atoms with Crippen LogP contribution in [0, 0.1) is 0 Å². The van der Waals surface area contributed by atoms with E-state index in [1.165, 1.54) is 19.4 Å². The molecule has 2 heterocycles. The third-order valence-corrected chi connectivity index (χ3v) is 3.48. The number of hydrogen-bond acceptors (Lipinski definition) is 6. The maximum Gasteiger partial charge on any atom is 0.133 e. The average molecular weight is 264 g/mol. The Morgan fingerprint density at radius 3 is 3.11 bits per heavy atom. The van der Waals surface area contributed by atoms with Gasteiger partial charge in [-0.15, -0.1) is 0 Å². The Labute approximate surface area is 115 Å². The Hall–Kier alpha value is -1.40. The van der Waals surface area contributed by atoms with Crippen LogP contribution in [0.3, 0.4) is 0 Å². The fourth-order valence-electron chi connectivity index (χ4n) is 2.44. The van der Waals surface area contributed by atoms with Crippen LogP contribution < -0.4 is 16.0 Å². The lowest BCUT2D eigenvalue weighted by Crippen LogP contribution is -2.39. The van der Waals surface area contributed by atoms with E-state index in [-0.39, 0.29) is 0 Å². The Bertz CT molecular complexity index is 396. The molecule has 19 heavy (non-hydrogen) atoms. The molecule has 3 N–H and O–H groups in total. The number of rotatable bonds is 5. The van der Waals surface area contributed by atoms with Crippen LogP contribution in [0.2, 0.25) is 0 Å². The van der Waals surface area contributed by atoms with Crippen molar-refractivity contribution in [2.45, 2.75) is 18.9 Å². The van der Waals surface area contributed by atoms with Crippen molar-refractivity contribution in [2.24, 2.45) is 5.73 Å². The summed E-state index contributed by atoms with van der Waals surface area (Å²) in [5.41, 5.74) is 5.56. The zero-order chi connectivity index (χ0) is 13.7. The van der Waals surface area contributed by atoms with Crippen molar-refractivity contribution >= 4 is 11.6 Å². The zero-order valence-electron chi connectivity index (χ0n) is 11.8. The molecule has 0 aromatic carbocycles. The molecule has 0 bridgehead atoms. The minimum Gasteiger partial charge on any atom is -0.366 e. The van der Waals surface area contributed by atoms with Crippen LogP contribution in [0.1, 0.15) is 12.8 Å². The quantitative estimate of drug-likeness (QED) is 0.801. The molecule has 0 aliphatic carbocycles. The van der Waals surface area contributed by atoms with Crippen LogP contribution in [-0.4, -0.2) is 61.2 Å². The Morgan fingerprint density at radius 1 is 1.53 bits per heavy atom. The van der Waals surface area contributed by atoms with Gasteiger partial charge >= 0.3 is 0 Å². The second kappa shape index (κ2) is 6.68. The second-order valence-corrected chi connectivity index (χ2v) is 5.22. The number of likely N-dealkylation sites (tertiary alicyclic amines) is 1. The van der Waals surface area contributed by atoms with Crippen LogP contribution in [0.4, 0.5) is 11.6 Å². The summed E-state index contributed by atoms with van der Waals surface area (Å²) in [5.74, 6) is 1.81. The third kappa shape index (κ3) is 4.04. The molecule has 0 saturated carbocycles. The second-order valence-electron chi connectivity index (χ2n) is 5.22. The first kappa shape index (κ1) is 14.0. The van der Waals surface area contributed by atoms with Gasteiger partial charge in [0.1, 0.15) is 18.0 Å². The highest BCUT2D eigenvalue weighted by Crippen LogP contribution is 2.16. The number of nitrogens with one attached hydrogen (secondary N) is 1. The molecule has 1 unspecified atom stereocenters. The van der Waals surface area contributed by atoms with E-state index in [1.807, 2.05) is 18.0 Å². The predicted molar refractivity (Wildman–Crippen MR) is 78.5 cm³/mol. The van der Waals surface area contributed by atoms with Gasteiger partial charge < -0.3 is 20.9 Å². The van der Waals surface area contributed by atoms with E-state index in [4.69, 9.17) is 5.73 Å². The molecule has 0 spiro atoms. The number of aromatic nitrogens is 2. The molecule has 0 amide bonds. The normalized spacial score (nSPS) is 20.3. The van der Waals surface area contributed by atoms with E-state index in [9.17, 15) is 0 Å². The van der Waals surface area contributed by atoms with Crippen molar-refractivity contribution in [1.82, 2.24) is 14.9 Å². The minimum absolute atomic E-state index is 0.473. The predicted octanol–water partition coefficient (Wildman–Crippen LogP) is 0.378. The summed E-state index contributed by atoms with van der Waals surface area (Å²) in [6, 6.07) is 2.46. The zero-order valence-corrected chi connectivity index (χ0v) is 11.8. The molecule has 1 aliphatic heterocycles. The van der Waals surface area contributed by atoms with Gasteiger partial charge in [-0.05, 0) is 26.4 Å². The lowest BCUT2D eigenvalue weighted by atomic mass is 10.1. The lowest BCUT2D eigenvalue weighted by Gasteiger charge is -2.30. The fraction of sp³-hybridized carbons (Fsp3) is 0.692. The van der Waals surface area contributed by atoms with Crippen LogP contribution in [0.15, 0.2) is 12.4 Å². The monoisotopic (exact) mass is 264 g/mol. The molecule has 0 radical (unpaired) electrons. The Morgan fingerprint density at radius 2 is 2.37 bits per heavy atom. The van der Waals surface area contributed by atoms with Gasteiger partial charge in [0.25, 0.3) is 0 Å². The number of nitrogens with two attached hydrogens (primary N) is 1. The van der Waals surface area contributed by atoms with Crippen molar-refractivity contribution in [2.75, 3.05) is 50.5 Å². The first-order valence-electron chi connectivity index (χ1n) is 6.87. The Balaban J connectivity index is 1.98. The summed E-state index contributed by atoms with van der Waals surface area (Å²) in [7, 11) is 4.15. The van der Waals surface area contributed by atoms with E-state index in [0.29, 0.717) is 12.6 Å². The molecule has 1 saturated heterocycles. The minimum atomic E-state index is 0.473. The molecule has 2 rings (SSSR count). The molecule has 1 fully saturated rings. The van der Waals surface area contributed by atoms with Crippen molar-refractivity contribution in [1.29, 1.82) is 0 Å². The van der Waals surface area contributed by atoms with E-state index in [1.54, 1.807) is 6.33 Å². The molecule has 1 atom stereocenters. The lowest BCUT2D eigenvalue weighted by molar-refractivity contribution is 0.261.